The van der Waals surface area contributed by atoms with E-state index in [4.69, 9.17) is 0 Å². The van der Waals surface area contributed by atoms with E-state index in [-0.39, 0.29) is 5.41 Å². The number of piperidine rings is 1. The third-order valence-electron chi connectivity index (χ3n) is 5.28. The molecule has 0 spiro atoms. The largest absolute Gasteiger partial charge is 0.481 e. The van der Waals surface area contributed by atoms with E-state index in [0.717, 1.165) is 32.4 Å². The van der Waals surface area contributed by atoms with Crippen LogP contribution in [0.3, 0.4) is 0 Å². The predicted molar refractivity (Wildman–Crippen MR) is 97.7 cm³/mol. The maximum atomic E-state index is 11.6. The van der Waals surface area contributed by atoms with Gasteiger partial charge in [0.05, 0.1) is 5.41 Å². The molecule has 1 heterocycles. The lowest BCUT2D eigenvalue weighted by Crippen LogP contribution is -2.45. The SMILES string of the molecule is C=CCCCC(C)(C)CC(CC(C)(C)C(=O)O)N1CCCCC1. The Morgan fingerprint density at radius 1 is 1.17 bits per heavy atom. The van der Waals surface area contributed by atoms with Gasteiger partial charge in [-0.2, -0.15) is 0 Å². The summed E-state index contributed by atoms with van der Waals surface area (Å²) in [5.41, 5.74) is -0.404. The van der Waals surface area contributed by atoms with Gasteiger partial charge in [0.1, 0.15) is 0 Å². The molecular weight excluding hydrogens is 286 g/mol. The van der Waals surface area contributed by atoms with Crippen LogP contribution in [0.15, 0.2) is 12.7 Å². The molecule has 0 aromatic carbocycles. The summed E-state index contributed by atoms with van der Waals surface area (Å²) in [6.07, 6.45) is 11.1. The van der Waals surface area contributed by atoms with Gasteiger partial charge >= 0.3 is 5.97 Å². The highest BCUT2D eigenvalue weighted by molar-refractivity contribution is 5.73. The van der Waals surface area contributed by atoms with Crippen molar-refractivity contribution in [1.29, 1.82) is 0 Å². The average molecular weight is 324 g/mol. The summed E-state index contributed by atoms with van der Waals surface area (Å²) in [4.78, 5) is 14.1. The van der Waals surface area contributed by atoms with Crippen molar-refractivity contribution in [3.05, 3.63) is 12.7 Å². The van der Waals surface area contributed by atoms with Crippen LogP contribution in [0.1, 0.15) is 79.1 Å². The Bertz CT molecular complexity index is 381. The average Bonchev–Trinajstić information content (AvgIpc) is 2.47. The first-order valence-corrected chi connectivity index (χ1v) is 9.26. The molecule has 0 aromatic rings. The van der Waals surface area contributed by atoms with Crippen LogP contribution in [-0.4, -0.2) is 35.1 Å². The van der Waals surface area contributed by atoms with Crippen LogP contribution in [0.2, 0.25) is 0 Å². The zero-order chi connectivity index (χ0) is 17.5. The minimum atomic E-state index is -0.677. The first-order chi connectivity index (χ1) is 10.7. The monoisotopic (exact) mass is 323 g/mol. The predicted octanol–water partition coefficient (Wildman–Crippen LogP) is 5.11. The van der Waals surface area contributed by atoms with Crippen molar-refractivity contribution < 1.29 is 9.90 Å². The van der Waals surface area contributed by atoms with Crippen LogP contribution in [0.4, 0.5) is 0 Å². The Labute approximate surface area is 143 Å². The number of aliphatic carboxylic acids is 1. The molecule has 1 unspecified atom stereocenters. The summed E-state index contributed by atoms with van der Waals surface area (Å²) in [7, 11) is 0. The second-order valence-corrected chi connectivity index (χ2v) is 8.69. The molecule has 1 aliphatic rings. The fourth-order valence-corrected chi connectivity index (χ4v) is 3.76. The molecule has 0 bridgehead atoms. The fraction of sp³-hybridized carbons (Fsp3) is 0.850. The van der Waals surface area contributed by atoms with Crippen molar-refractivity contribution >= 4 is 5.97 Å². The Morgan fingerprint density at radius 3 is 2.30 bits per heavy atom. The minimum absolute atomic E-state index is 0.250. The highest BCUT2D eigenvalue weighted by Crippen LogP contribution is 2.36. The zero-order valence-corrected chi connectivity index (χ0v) is 15.7. The van der Waals surface area contributed by atoms with Gasteiger partial charge in [-0.25, -0.2) is 0 Å². The Morgan fingerprint density at radius 2 is 1.78 bits per heavy atom. The van der Waals surface area contributed by atoms with Gasteiger partial charge in [-0.1, -0.05) is 26.3 Å². The van der Waals surface area contributed by atoms with E-state index < -0.39 is 11.4 Å². The maximum Gasteiger partial charge on any atom is 0.309 e. The van der Waals surface area contributed by atoms with Gasteiger partial charge in [0, 0.05) is 6.04 Å². The number of unbranched alkanes of at least 4 members (excludes halogenated alkanes) is 1. The molecule has 0 aromatic heterocycles. The van der Waals surface area contributed by atoms with Crippen molar-refractivity contribution in [2.75, 3.05) is 13.1 Å². The number of carbonyl (C=O) groups is 1. The van der Waals surface area contributed by atoms with Crippen molar-refractivity contribution in [3.8, 4) is 0 Å². The number of rotatable bonds is 10. The van der Waals surface area contributed by atoms with Crippen LogP contribution in [0, 0.1) is 10.8 Å². The number of nitrogens with zero attached hydrogens (tertiary/aromatic N) is 1. The number of likely N-dealkylation sites (tertiary alicyclic amines) is 1. The summed E-state index contributed by atoms with van der Waals surface area (Å²) in [5.74, 6) is -0.677. The highest BCUT2D eigenvalue weighted by Gasteiger charge is 2.36. The molecule has 1 fully saturated rings. The standard InChI is InChI=1S/C20H37NO2/c1-6-7-9-12-19(2,3)15-17(16-20(4,5)18(22)23)21-13-10-8-11-14-21/h6,17H,1,7-16H2,2-5H3,(H,22,23). The van der Waals surface area contributed by atoms with E-state index in [9.17, 15) is 9.90 Å². The number of carboxylic acid groups (broad SMARTS) is 1. The lowest BCUT2D eigenvalue weighted by atomic mass is 9.75. The molecule has 0 amide bonds. The third-order valence-corrected chi connectivity index (χ3v) is 5.28. The lowest BCUT2D eigenvalue weighted by molar-refractivity contribution is -0.148. The summed E-state index contributed by atoms with van der Waals surface area (Å²) in [6, 6.07) is 0.375. The van der Waals surface area contributed by atoms with E-state index in [0.29, 0.717) is 6.04 Å². The van der Waals surface area contributed by atoms with Crippen LogP contribution in [-0.2, 0) is 4.79 Å². The summed E-state index contributed by atoms with van der Waals surface area (Å²) in [5, 5.41) is 9.53. The molecule has 3 heteroatoms. The molecule has 1 aliphatic heterocycles. The van der Waals surface area contributed by atoms with E-state index in [1.807, 2.05) is 19.9 Å². The quantitative estimate of drug-likeness (QED) is 0.448. The third kappa shape index (κ3) is 7.07. The summed E-state index contributed by atoms with van der Waals surface area (Å²) in [6.45, 7) is 14.5. The Hall–Kier alpha value is -0.830. The smallest absolute Gasteiger partial charge is 0.309 e. The molecule has 1 rings (SSSR count). The summed E-state index contributed by atoms with van der Waals surface area (Å²) < 4.78 is 0. The first-order valence-electron chi connectivity index (χ1n) is 9.26. The van der Waals surface area contributed by atoms with Crippen molar-refractivity contribution in [1.82, 2.24) is 4.90 Å². The molecule has 134 valence electrons. The Balaban J connectivity index is 2.77. The molecule has 1 saturated heterocycles. The van der Waals surface area contributed by atoms with Crippen molar-refractivity contribution in [2.45, 2.75) is 85.1 Å². The van der Waals surface area contributed by atoms with Gasteiger partial charge in [-0.05, 0) is 77.3 Å². The Kier molecular flexibility index (Phi) is 7.79. The molecule has 0 saturated carbocycles. The van der Waals surface area contributed by atoms with Crippen LogP contribution in [0.5, 0.6) is 0 Å². The van der Waals surface area contributed by atoms with Gasteiger partial charge < -0.3 is 10.0 Å². The minimum Gasteiger partial charge on any atom is -0.481 e. The van der Waals surface area contributed by atoms with Crippen LogP contribution in [0.25, 0.3) is 0 Å². The van der Waals surface area contributed by atoms with E-state index >= 15 is 0 Å². The summed E-state index contributed by atoms with van der Waals surface area (Å²) >= 11 is 0. The second kappa shape index (κ2) is 8.86. The molecule has 1 atom stereocenters. The zero-order valence-electron chi connectivity index (χ0n) is 15.7. The number of hydrogen-bond donors (Lipinski definition) is 1. The second-order valence-electron chi connectivity index (χ2n) is 8.69. The number of hydrogen-bond acceptors (Lipinski definition) is 2. The normalized spacial score (nSPS) is 18.6. The van der Waals surface area contributed by atoms with Gasteiger partial charge in [0.25, 0.3) is 0 Å². The van der Waals surface area contributed by atoms with Crippen molar-refractivity contribution in [3.63, 3.8) is 0 Å². The van der Waals surface area contributed by atoms with Gasteiger partial charge in [0.15, 0.2) is 0 Å². The van der Waals surface area contributed by atoms with E-state index in [2.05, 4.69) is 25.3 Å². The molecule has 23 heavy (non-hydrogen) atoms. The molecule has 0 aliphatic carbocycles. The lowest BCUT2D eigenvalue weighted by Gasteiger charge is -2.41. The fourth-order valence-electron chi connectivity index (χ4n) is 3.76. The van der Waals surface area contributed by atoms with Gasteiger partial charge in [-0.15, -0.1) is 6.58 Å². The molecular formula is C20H37NO2. The van der Waals surface area contributed by atoms with Gasteiger partial charge in [0.2, 0.25) is 0 Å². The molecule has 0 radical (unpaired) electrons. The maximum absolute atomic E-state index is 11.6. The topological polar surface area (TPSA) is 40.5 Å². The molecule has 1 N–H and O–H groups in total. The van der Waals surface area contributed by atoms with Gasteiger partial charge in [-0.3, -0.25) is 4.79 Å². The van der Waals surface area contributed by atoms with Crippen molar-refractivity contribution in [2.24, 2.45) is 10.8 Å². The van der Waals surface area contributed by atoms with Crippen LogP contribution < -0.4 is 0 Å². The highest BCUT2D eigenvalue weighted by atomic mass is 16.4. The number of carboxylic acids is 1. The van der Waals surface area contributed by atoms with E-state index in [1.165, 1.54) is 32.1 Å². The van der Waals surface area contributed by atoms with E-state index in [1.54, 1.807) is 0 Å². The first kappa shape index (κ1) is 20.2. The van der Waals surface area contributed by atoms with Crippen LogP contribution >= 0.6 is 0 Å². The number of allylic oxidation sites excluding steroid dienone is 1. The molecule has 3 nitrogen and oxygen atoms in total.